The van der Waals surface area contributed by atoms with Crippen molar-refractivity contribution < 1.29 is 9.59 Å². The number of likely N-dealkylation sites (tertiary alicyclic amines) is 2. The van der Waals surface area contributed by atoms with Gasteiger partial charge in [0.15, 0.2) is 0 Å². The monoisotopic (exact) mass is 342 g/mol. The summed E-state index contributed by atoms with van der Waals surface area (Å²) in [6.07, 6.45) is 4.48. The van der Waals surface area contributed by atoms with Crippen LogP contribution in [0.1, 0.15) is 33.9 Å². The predicted molar refractivity (Wildman–Crippen MR) is 89.5 cm³/mol. The molecule has 2 amide bonds. The van der Waals surface area contributed by atoms with E-state index in [0.29, 0.717) is 25.1 Å². The van der Waals surface area contributed by atoms with Gasteiger partial charge in [-0.2, -0.15) is 0 Å². The third-order valence-corrected chi connectivity index (χ3v) is 5.62. The normalized spacial score (nSPS) is 23.0. The molecule has 0 unspecified atom stereocenters. The third kappa shape index (κ3) is 2.58. The van der Waals surface area contributed by atoms with Crippen LogP contribution in [0.2, 0.25) is 0 Å². The zero-order valence-electron chi connectivity index (χ0n) is 13.4. The molecule has 0 spiro atoms. The summed E-state index contributed by atoms with van der Waals surface area (Å²) in [5, 5.41) is 3.01. The summed E-state index contributed by atoms with van der Waals surface area (Å²) in [4.78, 5) is 37.3. The molecular formula is C17H18N4O2S. The van der Waals surface area contributed by atoms with E-state index in [0.717, 1.165) is 17.1 Å². The Hall–Kier alpha value is -2.28. The largest absolute Gasteiger partial charge is 0.333 e. The lowest BCUT2D eigenvalue weighted by Crippen LogP contribution is -2.39. The van der Waals surface area contributed by atoms with Crippen LogP contribution < -0.4 is 0 Å². The first kappa shape index (κ1) is 15.3. The second-order valence-electron chi connectivity index (χ2n) is 6.24. The summed E-state index contributed by atoms with van der Waals surface area (Å²) >= 11 is 1.60. The SMILES string of the molecule is Cc1nc(CN2C(=O)C[C@H]3[C@H]2CCN3C(=O)c2ccncc2)cs1. The van der Waals surface area contributed by atoms with Crippen molar-refractivity contribution in [1.82, 2.24) is 19.8 Å². The number of thiazole rings is 1. The van der Waals surface area contributed by atoms with Crippen LogP contribution in [0.4, 0.5) is 0 Å². The van der Waals surface area contributed by atoms with Crippen LogP contribution in [0, 0.1) is 6.92 Å². The van der Waals surface area contributed by atoms with Gasteiger partial charge in [0.1, 0.15) is 0 Å². The Morgan fingerprint density at radius 1 is 1.33 bits per heavy atom. The average molecular weight is 342 g/mol. The Kier molecular flexibility index (Phi) is 3.80. The number of carbonyl (C=O) groups excluding carboxylic acids is 2. The van der Waals surface area contributed by atoms with E-state index >= 15 is 0 Å². The Morgan fingerprint density at radius 3 is 2.83 bits per heavy atom. The lowest BCUT2D eigenvalue weighted by Gasteiger charge is -2.25. The molecule has 0 radical (unpaired) electrons. The van der Waals surface area contributed by atoms with Crippen LogP contribution in [-0.2, 0) is 11.3 Å². The molecule has 0 aromatic carbocycles. The van der Waals surface area contributed by atoms with E-state index in [4.69, 9.17) is 0 Å². The van der Waals surface area contributed by atoms with E-state index in [9.17, 15) is 9.59 Å². The van der Waals surface area contributed by atoms with Crippen molar-refractivity contribution >= 4 is 23.2 Å². The van der Waals surface area contributed by atoms with E-state index in [2.05, 4.69) is 9.97 Å². The van der Waals surface area contributed by atoms with Crippen LogP contribution >= 0.6 is 11.3 Å². The van der Waals surface area contributed by atoms with Crippen molar-refractivity contribution in [3.05, 3.63) is 46.2 Å². The van der Waals surface area contributed by atoms with Gasteiger partial charge in [-0.1, -0.05) is 0 Å². The van der Waals surface area contributed by atoms with Crippen molar-refractivity contribution in [2.24, 2.45) is 0 Å². The smallest absolute Gasteiger partial charge is 0.254 e. The Balaban J connectivity index is 1.52. The minimum absolute atomic E-state index is 0.0101. The maximum Gasteiger partial charge on any atom is 0.254 e. The number of aryl methyl sites for hydroxylation is 1. The van der Waals surface area contributed by atoms with Gasteiger partial charge in [0.25, 0.3) is 5.91 Å². The standard InChI is InChI=1S/C17H18N4O2S/c1-11-19-13(10-24-11)9-21-14-4-7-20(15(14)8-16(21)22)17(23)12-2-5-18-6-3-12/h2-3,5-6,10,14-15H,4,7-9H2,1H3/t14-,15+/m1/s1. The zero-order chi connectivity index (χ0) is 16.7. The van der Waals surface area contributed by atoms with Gasteiger partial charge in [0.2, 0.25) is 5.91 Å². The number of pyridine rings is 1. The predicted octanol–water partition coefficient (Wildman–Crippen LogP) is 1.86. The molecule has 2 fully saturated rings. The number of amides is 2. The van der Waals surface area contributed by atoms with Gasteiger partial charge in [0.05, 0.1) is 29.3 Å². The summed E-state index contributed by atoms with van der Waals surface area (Å²) in [7, 11) is 0. The molecule has 2 aliphatic heterocycles. The number of hydrogen-bond acceptors (Lipinski definition) is 5. The zero-order valence-corrected chi connectivity index (χ0v) is 14.2. The number of rotatable bonds is 3. The molecule has 2 atom stereocenters. The first-order valence-corrected chi connectivity index (χ1v) is 8.93. The number of fused-ring (bicyclic) bond motifs is 1. The lowest BCUT2D eigenvalue weighted by molar-refractivity contribution is -0.129. The molecule has 7 heteroatoms. The van der Waals surface area contributed by atoms with Crippen molar-refractivity contribution in [3.63, 3.8) is 0 Å². The molecule has 2 aliphatic rings. The number of nitrogens with zero attached hydrogens (tertiary/aromatic N) is 4. The second-order valence-corrected chi connectivity index (χ2v) is 7.30. The van der Waals surface area contributed by atoms with Gasteiger partial charge in [-0.05, 0) is 25.5 Å². The fourth-order valence-corrected chi connectivity index (χ4v) is 4.31. The third-order valence-electron chi connectivity index (χ3n) is 4.80. The Labute approximate surface area is 144 Å². The summed E-state index contributed by atoms with van der Waals surface area (Å²) in [5.74, 6) is 0.104. The van der Waals surface area contributed by atoms with Gasteiger partial charge in [-0.3, -0.25) is 14.6 Å². The Morgan fingerprint density at radius 2 is 2.12 bits per heavy atom. The molecule has 6 nitrogen and oxygen atoms in total. The summed E-state index contributed by atoms with van der Waals surface area (Å²) in [5.41, 5.74) is 1.57. The fraction of sp³-hybridized carbons (Fsp3) is 0.412. The molecule has 2 saturated heterocycles. The van der Waals surface area contributed by atoms with E-state index in [-0.39, 0.29) is 23.9 Å². The van der Waals surface area contributed by atoms with Crippen LogP contribution in [-0.4, -0.2) is 50.2 Å². The molecule has 0 bridgehead atoms. The minimum Gasteiger partial charge on any atom is -0.333 e. The molecular weight excluding hydrogens is 324 g/mol. The highest BCUT2D eigenvalue weighted by Gasteiger charge is 2.48. The molecule has 4 heterocycles. The van der Waals surface area contributed by atoms with Gasteiger partial charge in [-0.25, -0.2) is 4.98 Å². The van der Waals surface area contributed by atoms with E-state index in [1.54, 1.807) is 35.9 Å². The van der Waals surface area contributed by atoms with Gasteiger partial charge >= 0.3 is 0 Å². The number of carbonyl (C=O) groups is 2. The molecule has 2 aromatic heterocycles. The molecule has 24 heavy (non-hydrogen) atoms. The van der Waals surface area contributed by atoms with Gasteiger partial charge in [-0.15, -0.1) is 11.3 Å². The first-order chi connectivity index (χ1) is 11.6. The highest BCUT2D eigenvalue weighted by molar-refractivity contribution is 7.09. The second kappa shape index (κ2) is 5.98. The van der Waals surface area contributed by atoms with Gasteiger partial charge < -0.3 is 9.80 Å². The van der Waals surface area contributed by atoms with E-state index in [1.807, 2.05) is 22.1 Å². The van der Waals surface area contributed by atoms with Crippen LogP contribution in [0.25, 0.3) is 0 Å². The van der Waals surface area contributed by atoms with Crippen LogP contribution in [0.3, 0.4) is 0 Å². The van der Waals surface area contributed by atoms with Gasteiger partial charge in [0, 0.05) is 36.3 Å². The molecule has 0 saturated carbocycles. The van der Waals surface area contributed by atoms with Crippen LogP contribution in [0.15, 0.2) is 29.9 Å². The summed E-state index contributed by atoms with van der Waals surface area (Å²) in [6, 6.07) is 3.52. The minimum atomic E-state index is -0.0297. The first-order valence-electron chi connectivity index (χ1n) is 8.05. The highest BCUT2D eigenvalue weighted by atomic mass is 32.1. The van der Waals surface area contributed by atoms with Crippen LogP contribution in [0.5, 0.6) is 0 Å². The molecule has 0 aliphatic carbocycles. The number of aromatic nitrogens is 2. The fourth-order valence-electron chi connectivity index (χ4n) is 3.70. The van der Waals surface area contributed by atoms with Crippen molar-refractivity contribution in [2.75, 3.05) is 6.54 Å². The summed E-state index contributed by atoms with van der Waals surface area (Å²) < 4.78 is 0. The summed E-state index contributed by atoms with van der Waals surface area (Å²) in [6.45, 7) is 3.20. The van der Waals surface area contributed by atoms with E-state index < -0.39 is 0 Å². The molecule has 4 rings (SSSR count). The molecule has 2 aromatic rings. The highest BCUT2D eigenvalue weighted by Crippen LogP contribution is 2.34. The molecule has 0 N–H and O–H groups in total. The van der Waals surface area contributed by atoms with Crippen molar-refractivity contribution in [3.8, 4) is 0 Å². The quantitative estimate of drug-likeness (QED) is 0.854. The lowest BCUT2D eigenvalue weighted by atomic mass is 10.1. The number of hydrogen-bond donors (Lipinski definition) is 0. The topological polar surface area (TPSA) is 66.4 Å². The van der Waals surface area contributed by atoms with Crippen molar-refractivity contribution in [1.29, 1.82) is 0 Å². The molecule has 124 valence electrons. The Bertz CT molecular complexity index is 776. The maximum absolute atomic E-state index is 12.7. The average Bonchev–Trinajstić information content (AvgIpc) is 3.26. The van der Waals surface area contributed by atoms with E-state index in [1.165, 1.54) is 0 Å². The maximum atomic E-state index is 12.7. The van der Waals surface area contributed by atoms with Crippen molar-refractivity contribution in [2.45, 2.75) is 38.4 Å².